The molecule has 0 radical (unpaired) electrons. The summed E-state index contributed by atoms with van der Waals surface area (Å²) in [5, 5.41) is 12.6. The van der Waals surface area contributed by atoms with E-state index in [2.05, 4.69) is 35.5 Å². The number of piperidine rings is 1. The van der Waals surface area contributed by atoms with Gasteiger partial charge in [-0.2, -0.15) is 0 Å². The van der Waals surface area contributed by atoms with Crippen molar-refractivity contribution >= 4 is 18.3 Å². The summed E-state index contributed by atoms with van der Waals surface area (Å²) in [7, 11) is 0. The van der Waals surface area contributed by atoms with Crippen LogP contribution in [0.15, 0.2) is 11.6 Å². The fourth-order valence-corrected chi connectivity index (χ4v) is 2.86. The maximum absolute atomic E-state index is 11.9. The summed E-state index contributed by atoms with van der Waals surface area (Å²) in [5.74, 6) is 0.532. The summed E-state index contributed by atoms with van der Waals surface area (Å²) in [6.45, 7) is 7.99. The van der Waals surface area contributed by atoms with Crippen LogP contribution in [-0.2, 0) is 14.4 Å². The molecule has 0 spiro atoms. The van der Waals surface area contributed by atoms with E-state index in [9.17, 15) is 9.59 Å². The number of nitrogens with zero attached hydrogens (tertiary/aromatic N) is 1. The minimum atomic E-state index is -0.310. The number of amides is 2. The van der Waals surface area contributed by atoms with Crippen LogP contribution in [0.2, 0.25) is 0 Å². The number of carboxylic acid groups (broad SMARTS) is 1. The first-order chi connectivity index (χ1) is 11.5. The van der Waals surface area contributed by atoms with E-state index in [0.717, 1.165) is 39.0 Å². The molecule has 2 heterocycles. The molecule has 1 atom stereocenters. The van der Waals surface area contributed by atoms with Crippen molar-refractivity contribution in [2.75, 3.05) is 26.2 Å². The van der Waals surface area contributed by atoms with Gasteiger partial charge in [-0.05, 0) is 52.1 Å². The lowest BCUT2D eigenvalue weighted by atomic mass is 9.96. The third-order valence-electron chi connectivity index (χ3n) is 4.34. The van der Waals surface area contributed by atoms with Gasteiger partial charge in [-0.3, -0.25) is 19.3 Å². The van der Waals surface area contributed by atoms with E-state index < -0.39 is 0 Å². The molecular weight excluding hydrogens is 310 g/mol. The summed E-state index contributed by atoms with van der Waals surface area (Å²) in [4.78, 5) is 33.9. The molecule has 136 valence electrons. The standard InChI is InChI=1S/C16H27N3O2.CH2O2/c1-12(2)5-8-19-9-6-13(7-10-19)11-17-16(21)14-3-4-15(20)18-14;2-1-3/h5,13-14H,3-4,6-11H2,1-2H3,(H,17,21)(H,18,20);1H,(H,2,3). The molecule has 2 aliphatic rings. The van der Waals surface area contributed by atoms with Crippen molar-refractivity contribution in [1.29, 1.82) is 0 Å². The molecular formula is C17H29N3O4. The van der Waals surface area contributed by atoms with Gasteiger partial charge in [0.1, 0.15) is 6.04 Å². The smallest absolute Gasteiger partial charge is 0.290 e. The molecule has 2 fully saturated rings. The summed E-state index contributed by atoms with van der Waals surface area (Å²) >= 11 is 0. The second-order valence-electron chi connectivity index (χ2n) is 6.53. The highest BCUT2D eigenvalue weighted by Gasteiger charge is 2.27. The number of allylic oxidation sites excluding steroid dienone is 1. The van der Waals surface area contributed by atoms with Crippen molar-refractivity contribution in [3.8, 4) is 0 Å². The largest absolute Gasteiger partial charge is 0.483 e. The molecule has 2 aliphatic heterocycles. The molecule has 0 aromatic heterocycles. The van der Waals surface area contributed by atoms with E-state index in [4.69, 9.17) is 9.90 Å². The summed E-state index contributed by atoms with van der Waals surface area (Å²) in [6, 6.07) is -0.310. The molecule has 0 aliphatic carbocycles. The van der Waals surface area contributed by atoms with Gasteiger partial charge in [0.15, 0.2) is 0 Å². The predicted molar refractivity (Wildman–Crippen MR) is 91.5 cm³/mol. The third kappa shape index (κ3) is 7.59. The summed E-state index contributed by atoms with van der Waals surface area (Å²) < 4.78 is 0. The zero-order valence-electron chi connectivity index (χ0n) is 14.6. The number of hydrogen-bond acceptors (Lipinski definition) is 4. The molecule has 1 unspecified atom stereocenters. The minimum Gasteiger partial charge on any atom is -0.483 e. The van der Waals surface area contributed by atoms with Gasteiger partial charge in [-0.1, -0.05) is 11.6 Å². The molecule has 7 heteroatoms. The third-order valence-corrected chi connectivity index (χ3v) is 4.34. The van der Waals surface area contributed by atoms with Crippen LogP contribution in [0.1, 0.15) is 39.5 Å². The number of likely N-dealkylation sites (tertiary alicyclic amines) is 1. The number of hydrogen-bond donors (Lipinski definition) is 3. The zero-order chi connectivity index (χ0) is 17.9. The number of rotatable bonds is 5. The monoisotopic (exact) mass is 339 g/mol. The highest BCUT2D eigenvalue weighted by Crippen LogP contribution is 2.16. The van der Waals surface area contributed by atoms with Crippen molar-refractivity contribution in [2.45, 2.75) is 45.6 Å². The molecule has 2 saturated heterocycles. The lowest BCUT2D eigenvalue weighted by Crippen LogP contribution is -2.44. The van der Waals surface area contributed by atoms with Gasteiger partial charge in [0.05, 0.1) is 0 Å². The van der Waals surface area contributed by atoms with Crippen molar-refractivity contribution in [3.05, 3.63) is 11.6 Å². The van der Waals surface area contributed by atoms with Crippen LogP contribution in [0.3, 0.4) is 0 Å². The van der Waals surface area contributed by atoms with E-state index in [-0.39, 0.29) is 24.3 Å². The molecule has 2 rings (SSSR count). The van der Waals surface area contributed by atoms with Crippen molar-refractivity contribution < 1.29 is 19.5 Å². The fourth-order valence-electron chi connectivity index (χ4n) is 2.86. The lowest BCUT2D eigenvalue weighted by Gasteiger charge is -2.31. The Bertz CT molecular complexity index is 453. The minimum absolute atomic E-state index is 0.0114. The Labute approximate surface area is 143 Å². The highest BCUT2D eigenvalue weighted by molar-refractivity contribution is 5.90. The fraction of sp³-hybridized carbons (Fsp3) is 0.706. The molecule has 3 N–H and O–H groups in total. The molecule has 7 nitrogen and oxygen atoms in total. The van der Waals surface area contributed by atoms with Crippen molar-refractivity contribution in [2.24, 2.45) is 5.92 Å². The summed E-state index contributed by atoms with van der Waals surface area (Å²) in [6.07, 6.45) is 5.64. The molecule has 2 amide bonds. The van der Waals surface area contributed by atoms with E-state index in [0.29, 0.717) is 18.8 Å². The Morgan fingerprint density at radius 2 is 1.96 bits per heavy atom. The van der Waals surface area contributed by atoms with E-state index in [1.807, 2.05) is 0 Å². The molecule has 24 heavy (non-hydrogen) atoms. The van der Waals surface area contributed by atoms with Crippen molar-refractivity contribution in [3.63, 3.8) is 0 Å². The van der Waals surface area contributed by atoms with Crippen LogP contribution < -0.4 is 10.6 Å². The highest BCUT2D eigenvalue weighted by atomic mass is 16.3. The molecule has 0 saturated carbocycles. The van der Waals surface area contributed by atoms with Gasteiger partial charge < -0.3 is 15.7 Å². The van der Waals surface area contributed by atoms with Crippen LogP contribution in [-0.4, -0.2) is 60.5 Å². The normalized spacial score (nSPS) is 21.2. The second kappa shape index (κ2) is 10.8. The lowest BCUT2D eigenvalue weighted by molar-refractivity contribution is -0.125. The second-order valence-corrected chi connectivity index (χ2v) is 6.53. The average molecular weight is 339 g/mol. The van der Waals surface area contributed by atoms with Crippen LogP contribution >= 0.6 is 0 Å². The van der Waals surface area contributed by atoms with Crippen LogP contribution in [0.25, 0.3) is 0 Å². The average Bonchev–Trinajstić information content (AvgIpc) is 2.99. The van der Waals surface area contributed by atoms with Crippen LogP contribution in [0.5, 0.6) is 0 Å². The maximum atomic E-state index is 11.9. The van der Waals surface area contributed by atoms with Gasteiger partial charge in [-0.15, -0.1) is 0 Å². The van der Waals surface area contributed by atoms with Gasteiger partial charge in [0, 0.05) is 19.5 Å². The Morgan fingerprint density at radius 3 is 2.46 bits per heavy atom. The first kappa shape index (κ1) is 20.2. The van der Waals surface area contributed by atoms with Crippen molar-refractivity contribution in [1.82, 2.24) is 15.5 Å². The molecule has 0 aromatic carbocycles. The van der Waals surface area contributed by atoms with Gasteiger partial charge in [-0.25, -0.2) is 0 Å². The number of nitrogens with one attached hydrogen (secondary N) is 2. The Balaban J connectivity index is 0.000000891. The number of carbonyl (C=O) groups is 3. The van der Waals surface area contributed by atoms with E-state index in [1.165, 1.54) is 5.57 Å². The SMILES string of the molecule is CC(C)=CCN1CCC(CNC(=O)C2CCC(=O)N2)CC1.O=CO. The van der Waals surface area contributed by atoms with E-state index in [1.54, 1.807) is 0 Å². The van der Waals surface area contributed by atoms with Crippen LogP contribution in [0, 0.1) is 5.92 Å². The Morgan fingerprint density at radius 1 is 1.33 bits per heavy atom. The Kier molecular flexibility index (Phi) is 9.07. The number of carbonyl (C=O) groups excluding carboxylic acids is 2. The van der Waals surface area contributed by atoms with E-state index >= 15 is 0 Å². The Hall–Kier alpha value is -1.89. The molecule has 0 bridgehead atoms. The quantitative estimate of drug-likeness (QED) is 0.507. The first-order valence-electron chi connectivity index (χ1n) is 8.47. The topological polar surface area (TPSA) is 98.7 Å². The zero-order valence-corrected chi connectivity index (χ0v) is 14.6. The van der Waals surface area contributed by atoms with Gasteiger partial charge in [0.25, 0.3) is 6.47 Å². The molecule has 0 aromatic rings. The first-order valence-corrected chi connectivity index (χ1v) is 8.47. The predicted octanol–water partition coefficient (Wildman–Crippen LogP) is 0.760. The van der Waals surface area contributed by atoms with Gasteiger partial charge in [0.2, 0.25) is 11.8 Å². The van der Waals surface area contributed by atoms with Gasteiger partial charge >= 0.3 is 0 Å². The van der Waals surface area contributed by atoms with Crippen LogP contribution in [0.4, 0.5) is 0 Å². The maximum Gasteiger partial charge on any atom is 0.290 e. The summed E-state index contributed by atoms with van der Waals surface area (Å²) in [5.41, 5.74) is 1.36.